The Balaban J connectivity index is 1.43. The van der Waals surface area contributed by atoms with Crippen molar-refractivity contribution in [3.8, 4) is 0 Å². The second-order valence-corrected chi connectivity index (χ2v) is 11.0. The van der Waals surface area contributed by atoms with Crippen LogP contribution in [0.4, 0.5) is 0 Å². The molecule has 2 rings (SSSR count). The molecular weight excluding hydrogens is 468 g/mol. The number of unbranched alkanes of at least 4 members (excludes halogenated alkanes) is 13. The number of aryl methyl sites for hydroxylation is 2. The SMILES string of the molecule is CCCCCCCC[n+]1cccc(COCCCCCCOCc2ccc[n+](CCCCCCCC)c2)c1. The fourth-order valence-electron chi connectivity index (χ4n) is 4.89. The summed E-state index contributed by atoms with van der Waals surface area (Å²) >= 11 is 0. The highest BCUT2D eigenvalue weighted by atomic mass is 16.5. The molecule has 0 bridgehead atoms. The zero-order chi connectivity index (χ0) is 26.9. The monoisotopic (exact) mass is 526 g/mol. The number of ether oxygens (including phenoxy) is 2. The molecule has 0 fully saturated rings. The topological polar surface area (TPSA) is 26.2 Å². The smallest absolute Gasteiger partial charge is 0.174 e. The molecule has 0 amide bonds. The number of hydrogen-bond donors (Lipinski definition) is 0. The van der Waals surface area contributed by atoms with E-state index < -0.39 is 0 Å². The fourth-order valence-corrected chi connectivity index (χ4v) is 4.89. The van der Waals surface area contributed by atoms with Gasteiger partial charge in [-0.2, -0.15) is 0 Å². The zero-order valence-corrected chi connectivity index (χ0v) is 24.9. The summed E-state index contributed by atoms with van der Waals surface area (Å²) in [5.41, 5.74) is 2.56. The lowest BCUT2D eigenvalue weighted by molar-refractivity contribution is -0.698. The third-order valence-electron chi connectivity index (χ3n) is 7.24. The third-order valence-corrected chi connectivity index (χ3v) is 7.24. The summed E-state index contributed by atoms with van der Waals surface area (Å²) in [7, 11) is 0. The van der Waals surface area contributed by atoms with E-state index in [9.17, 15) is 0 Å². The van der Waals surface area contributed by atoms with Crippen LogP contribution in [0.3, 0.4) is 0 Å². The van der Waals surface area contributed by atoms with Crippen LogP contribution < -0.4 is 9.13 Å². The van der Waals surface area contributed by atoms with Gasteiger partial charge in [0, 0.05) is 49.3 Å². The summed E-state index contributed by atoms with van der Waals surface area (Å²) in [6.45, 7) is 9.91. The summed E-state index contributed by atoms with van der Waals surface area (Å²) in [6, 6.07) is 8.66. The molecule has 2 aromatic heterocycles. The molecule has 0 aromatic carbocycles. The highest BCUT2D eigenvalue weighted by Gasteiger charge is 2.05. The predicted molar refractivity (Wildman–Crippen MR) is 158 cm³/mol. The molecule has 0 N–H and O–H groups in total. The van der Waals surface area contributed by atoms with Crippen LogP contribution in [-0.2, 0) is 35.8 Å². The van der Waals surface area contributed by atoms with Gasteiger partial charge in [-0.1, -0.05) is 78.1 Å². The van der Waals surface area contributed by atoms with E-state index in [1.807, 2.05) is 0 Å². The summed E-state index contributed by atoms with van der Waals surface area (Å²) < 4.78 is 16.5. The molecular formula is C34H58N2O2+2. The number of hydrogen-bond acceptors (Lipinski definition) is 2. The van der Waals surface area contributed by atoms with Crippen molar-refractivity contribution in [2.24, 2.45) is 0 Å². The molecule has 0 atom stereocenters. The van der Waals surface area contributed by atoms with Crippen LogP contribution in [0.2, 0.25) is 0 Å². The molecule has 0 unspecified atom stereocenters. The highest BCUT2D eigenvalue weighted by Crippen LogP contribution is 2.07. The van der Waals surface area contributed by atoms with E-state index in [1.54, 1.807) is 0 Å². The molecule has 0 saturated heterocycles. The molecule has 214 valence electrons. The number of rotatable bonds is 25. The molecule has 0 aliphatic carbocycles. The minimum absolute atomic E-state index is 0.719. The summed E-state index contributed by atoms with van der Waals surface area (Å²) in [6.07, 6.45) is 29.7. The van der Waals surface area contributed by atoms with Crippen molar-refractivity contribution in [2.75, 3.05) is 13.2 Å². The van der Waals surface area contributed by atoms with Crippen molar-refractivity contribution in [1.82, 2.24) is 0 Å². The second kappa shape index (κ2) is 23.1. The lowest BCUT2D eigenvalue weighted by Gasteiger charge is -2.06. The van der Waals surface area contributed by atoms with Crippen LogP contribution in [-0.4, -0.2) is 13.2 Å². The van der Waals surface area contributed by atoms with Gasteiger partial charge in [-0.3, -0.25) is 0 Å². The Bertz CT molecular complexity index is 743. The second-order valence-electron chi connectivity index (χ2n) is 11.0. The molecule has 0 saturated carbocycles. The van der Waals surface area contributed by atoms with Crippen molar-refractivity contribution < 1.29 is 18.6 Å². The van der Waals surface area contributed by atoms with Crippen molar-refractivity contribution in [3.63, 3.8) is 0 Å². The minimum Gasteiger partial charge on any atom is -0.377 e. The molecule has 4 heteroatoms. The van der Waals surface area contributed by atoms with Crippen LogP contribution in [0, 0.1) is 0 Å². The fraction of sp³-hybridized carbons (Fsp3) is 0.706. The summed E-state index contributed by atoms with van der Waals surface area (Å²) in [5, 5.41) is 0. The summed E-state index contributed by atoms with van der Waals surface area (Å²) in [4.78, 5) is 0. The highest BCUT2D eigenvalue weighted by molar-refractivity contribution is 5.04. The van der Waals surface area contributed by atoms with Gasteiger partial charge < -0.3 is 9.47 Å². The van der Waals surface area contributed by atoms with E-state index in [0.29, 0.717) is 0 Å². The van der Waals surface area contributed by atoms with Crippen LogP contribution >= 0.6 is 0 Å². The largest absolute Gasteiger partial charge is 0.377 e. The Morgan fingerprint density at radius 2 is 0.895 bits per heavy atom. The number of pyridine rings is 2. The maximum absolute atomic E-state index is 5.95. The minimum atomic E-state index is 0.719. The van der Waals surface area contributed by atoms with Gasteiger partial charge in [0.1, 0.15) is 13.1 Å². The Hall–Kier alpha value is -1.78. The first-order chi connectivity index (χ1) is 18.8. The van der Waals surface area contributed by atoms with Gasteiger partial charge in [0.15, 0.2) is 24.8 Å². The first kappa shape index (κ1) is 32.4. The van der Waals surface area contributed by atoms with Crippen LogP contribution in [0.5, 0.6) is 0 Å². The Morgan fingerprint density at radius 3 is 1.34 bits per heavy atom. The molecule has 4 nitrogen and oxygen atoms in total. The Labute approximate surface area is 234 Å². The number of nitrogens with zero attached hydrogens (tertiary/aromatic N) is 2. The van der Waals surface area contributed by atoms with Gasteiger partial charge in [0.2, 0.25) is 0 Å². The maximum Gasteiger partial charge on any atom is 0.174 e. The van der Waals surface area contributed by atoms with E-state index in [-0.39, 0.29) is 0 Å². The van der Waals surface area contributed by atoms with Gasteiger partial charge >= 0.3 is 0 Å². The van der Waals surface area contributed by atoms with Gasteiger partial charge in [0.05, 0.1) is 13.2 Å². The van der Waals surface area contributed by atoms with E-state index in [2.05, 4.69) is 72.0 Å². The van der Waals surface area contributed by atoms with Gasteiger partial charge in [-0.25, -0.2) is 9.13 Å². The molecule has 0 radical (unpaired) electrons. The average Bonchev–Trinajstić information content (AvgIpc) is 2.94. The lowest BCUT2D eigenvalue weighted by atomic mass is 10.1. The van der Waals surface area contributed by atoms with E-state index in [4.69, 9.17) is 9.47 Å². The predicted octanol–water partition coefficient (Wildman–Crippen LogP) is 8.28. The zero-order valence-electron chi connectivity index (χ0n) is 24.9. The standard InChI is InChI=1S/C34H58N2O2/c1-3-5-7-9-11-15-23-35-25-19-21-33(29-35)31-37-27-17-13-14-18-28-38-32-34-22-20-26-36(30-34)24-16-12-10-8-6-4-2/h19-22,25-26,29-30H,3-18,23-24,27-28,31-32H2,1-2H3/q+2. The maximum atomic E-state index is 5.95. The summed E-state index contributed by atoms with van der Waals surface area (Å²) in [5.74, 6) is 0. The molecule has 2 heterocycles. The first-order valence-electron chi connectivity index (χ1n) is 15.9. The Morgan fingerprint density at radius 1 is 0.500 bits per heavy atom. The average molecular weight is 527 g/mol. The quantitative estimate of drug-likeness (QED) is 0.0961. The number of aromatic nitrogens is 2. The van der Waals surface area contributed by atoms with Crippen molar-refractivity contribution in [2.45, 2.75) is 143 Å². The van der Waals surface area contributed by atoms with Crippen molar-refractivity contribution >= 4 is 0 Å². The molecule has 0 aliphatic rings. The molecule has 0 spiro atoms. The first-order valence-corrected chi connectivity index (χ1v) is 15.9. The molecule has 2 aromatic rings. The van der Waals surface area contributed by atoms with E-state index in [1.165, 1.54) is 101 Å². The third kappa shape index (κ3) is 16.9. The van der Waals surface area contributed by atoms with Crippen molar-refractivity contribution in [3.05, 3.63) is 60.2 Å². The van der Waals surface area contributed by atoms with Crippen LogP contribution in [0.1, 0.15) is 128 Å². The van der Waals surface area contributed by atoms with Crippen LogP contribution in [0.15, 0.2) is 49.1 Å². The molecule has 38 heavy (non-hydrogen) atoms. The molecule has 0 aliphatic heterocycles. The van der Waals surface area contributed by atoms with Gasteiger partial charge in [-0.05, 0) is 37.8 Å². The van der Waals surface area contributed by atoms with Gasteiger partial charge in [0.25, 0.3) is 0 Å². The van der Waals surface area contributed by atoms with E-state index in [0.717, 1.165) is 52.4 Å². The van der Waals surface area contributed by atoms with E-state index >= 15 is 0 Å². The normalized spacial score (nSPS) is 11.3. The Kier molecular flexibility index (Phi) is 19.7. The van der Waals surface area contributed by atoms with Crippen LogP contribution in [0.25, 0.3) is 0 Å². The van der Waals surface area contributed by atoms with Crippen molar-refractivity contribution in [1.29, 1.82) is 0 Å². The lowest BCUT2D eigenvalue weighted by Crippen LogP contribution is -2.33. The van der Waals surface area contributed by atoms with Gasteiger partial charge in [-0.15, -0.1) is 0 Å².